The average molecular weight is 653 g/mol. The molecule has 0 heterocycles. The van der Waals surface area contributed by atoms with E-state index in [2.05, 4.69) is 50.6 Å². The highest BCUT2D eigenvalue weighted by molar-refractivity contribution is 5.89. The fourth-order valence-corrected chi connectivity index (χ4v) is 12.2. The Bertz CT molecular complexity index is 1400. The van der Waals surface area contributed by atoms with Crippen LogP contribution in [0.3, 0.4) is 0 Å². The van der Waals surface area contributed by atoms with E-state index < -0.39 is 23.2 Å². The molecular weight excluding hydrogens is 594 g/mol. The lowest BCUT2D eigenvalue weighted by atomic mass is 9.36. The monoisotopic (exact) mass is 652 g/mol. The summed E-state index contributed by atoms with van der Waals surface area (Å²) in [4.78, 5) is 27.3. The van der Waals surface area contributed by atoms with Gasteiger partial charge in [-0.2, -0.15) is 0 Å². The van der Waals surface area contributed by atoms with Gasteiger partial charge in [-0.1, -0.05) is 46.3 Å². The minimum absolute atomic E-state index is 0.0663. The summed E-state index contributed by atoms with van der Waals surface area (Å²) in [5.41, 5.74) is 0.283. The van der Waals surface area contributed by atoms with E-state index in [0.29, 0.717) is 47.6 Å². The zero-order chi connectivity index (χ0) is 34.5. The van der Waals surface area contributed by atoms with E-state index in [4.69, 9.17) is 0 Å². The second-order valence-corrected chi connectivity index (χ2v) is 16.8. The molecule has 0 saturated heterocycles. The fraction of sp³-hybridized carbons (Fsp3) is 0.700. The van der Waals surface area contributed by atoms with Gasteiger partial charge in [0.25, 0.3) is 0 Å². The molecule has 4 fully saturated rings. The first kappa shape index (κ1) is 35.8. The van der Waals surface area contributed by atoms with Gasteiger partial charge in [0.2, 0.25) is 5.91 Å². The van der Waals surface area contributed by atoms with Gasteiger partial charge in [0.15, 0.2) is 0 Å². The maximum atomic E-state index is 14.8. The van der Waals surface area contributed by atoms with Gasteiger partial charge in [-0.05, 0) is 148 Å². The Kier molecular flexibility index (Phi) is 9.94. The second-order valence-electron chi connectivity index (χ2n) is 16.8. The Hall–Kier alpha value is -2.54. The van der Waals surface area contributed by atoms with Crippen LogP contribution in [-0.4, -0.2) is 49.1 Å². The summed E-state index contributed by atoms with van der Waals surface area (Å²) in [5, 5.41) is 12.6. The Morgan fingerprint density at radius 3 is 2.23 bits per heavy atom. The third-order valence-electron chi connectivity index (χ3n) is 14.0. The molecule has 1 aromatic rings. The SMILES string of the molecule is C=CC.CN(C)CCNC(=O)C12CCCC1C1CCC3C(C)(CCC4C(C)(C)C(c5cc(F)c(C(=O)O)c(F)c5)=CCC43C)C1CC2. The van der Waals surface area contributed by atoms with E-state index in [-0.39, 0.29) is 21.7 Å². The van der Waals surface area contributed by atoms with Gasteiger partial charge in [-0.15, -0.1) is 6.58 Å². The summed E-state index contributed by atoms with van der Waals surface area (Å²) in [6, 6.07) is 2.43. The van der Waals surface area contributed by atoms with Crippen molar-refractivity contribution in [2.45, 2.75) is 98.8 Å². The predicted molar refractivity (Wildman–Crippen MR) is 185 cm³/mol. The lowest BCUT2D eigenvalue weighted by Crippen LogP contribution is -2.62. The van der Waals surface area contributed by atoms with Crippen molar-refractivity contribution in [3.8, 4) is 0 Å². The maximum Gasteiger partial charge on any atom is 0.341 e. The van der Waals surface area contributed by atoms with Crippen molar-refractivity contribution in [1.29, 1.82) is 0 Å². The van der Waals surface area contributed by atoms with Gasteiger partial charge in [0.05, 0.1) is 5.41 Å². The first-order valence-electron chi connectivity index (χ1n) is 18.0. The number of likely N-dealkylation sites (N-methyl/N-ethyl adjacent to an activating group) is 1. The normalized spacial score (nSPS) is 36.8. The molecule has 8 unspecified atom stereocenters. The van der Waals surface area contributed by atoms with Crippen LogP contribution < -0.4 is 5.32 Å². The van der Waals surface area contributed by atoms with Gasteiger partial charge >= 0.3 is 5.97 Å². The summed E-state index contributed by atoms with van der Waals surface area (Å²) in [6.45, 7) is 16.3. The molecule has 5 aliphatic rings. The topological polar surface area (TPSA) is 69.6 Å². The quantitative estimate of drug-likeness (QED) is 0.301. The van der Waals surface area contributed by atoms with Crippen molar-refractivity contribution >= 4 is 17.4 Å². The van der Waals surface area contributed by atoms with Crippen molar-refractivity contribution in [3.05, 3.63) is 53.6 Å². The van der Waals surface area contributed by atoms with Crippen LogP contribution in [0.4, 0.5) is 8.78 Å². The van der Waals surface area contributed by atoms with Gasteiger partial charge in [-0.3, -0.25) is 4.79 Å². The number of rotatable bonds is 6. The minimum atomic E-state index is -1.58. The van der Waals surface area contributed by atoms with Crippen LogP contribution in [0.15, 0.2) is 30.9 Å². The Morgan fingerprint density at radius 2 is 1.62 bits per heavy atom. The van der Waals surface area contributed by atoms with Crippen LogP contribution in [0.1, 0.15) is 115 Å². The third kappa shape index (κ3) is 5.80. The number of nitrogens with one attached hydrogen (secondary N) is 1. The van der Waals surface area contributed by atoms with E-state index in [9.17, 15) is 23.5 Å². The van der Waals surface area contributed by atoms with Crippen molar-refractivity contribution in [2.75, 3.05) is 27.2 Å². The molecule has 260 valence electrons. The highest BCUT2D eigenvalue weighted by Gasteiger charge is 2.66. The van der Waals surface area contributed by atoms with Gasteiger partial charge in [-0.25, -0.2) is 13.6 Å². The number of halogens is 2. The number of hydrogen-bond donors (Lipinski definition) is 2. The number of carbonyl (C=O) groups is 2. The van der Waals surface area contributed by atoms with Crippen LogP contribution in [-0.2, 0) is 4.79 Å². The van der Waals surface area contributed by atoms with E-state index >= 15 is 0 Å². The Morgan fingerprint density at radius 1 is 0.957 bits per heavy atom. The number of benzene rings is 1. The van der Waals surface area contributed by atoms with E-state index in [0.717, 1.165) is 57.1 Å². The molecule has 7 heteroatoms. The van der Waals surface area contributed by atoms with E-state index in [1.807, 2.05) is 21.0 Å². The van der Waals surface area contributed by atoms with Crippen LogP contribution in [0.25, 0.3) is 5.57 Å². The molecule has 0 bridgehead atoms. The van der Waals surface area contributed by atoms with Crippen molar-refractivity contribution in [3.63, 3.8) is 0 Å². The summed E-state index contributed by atoms with van der Waals surface area (Å²) in [5.74, 6) is -0.683. The van der Waals surface area contributed by atoms with Crippen molar-refractivity contribution in [1.82, 2.24) is 10.2 Å². The third-order valence-corrected chi connectivity index (χ3v) is 14.0. The molecule has 4 saturated carbocycles. The van der Waals surface area contributed by atoms with Gasteiger partial charge in [0.1, 0.15) is 17.2 Å². The number of carboxylic acid groups (broad SMARTS) is 1. The lowest BCUT2D eigenvalue weighted by Gasteiger charge is -2.68. The Balaban J connectivity index is 0.00000139. The molecule has 0 aromatic heterocycles. The molecule has 0 radical (unpaired) electrons. The molecule has 2 N–H and O–H groups in total. The number of aromatic carboxylic acids is 1. The first-order valence-corrected chi connectivity index (χ1v) is 18.0. The Labute approximate surface area is 281 Å². The van der Waals surface area contributed by atoms with Crippen molar-refractivity contribution in [2.24, 2.45) is 51.2 Å². The summed E-state index contributed by atoms with van der Waals surface area (Å²) in [7, 11) is 4.09. The summed E-state index contributed by atoms with van der Waals surface area (Å²) >= 11 is 0. The predicted octanol–water partition coefficient (Wildman–Crippen LogP) is 8.99. The zero-order valence-corrected chi connectivity index (χ0v) is 29.9. The van der Waals surface area contributed by atoms with Gasteiger partial charge in [0, 0.05) is 13.1 Å². The first-order chi connectivity index (χ1) is 22.1. The van der Waals surface area contributed by atoms with Gasteiger partial charge < -0.3 is 15.3 Å². The standard InChI is InChI=1S/C37H52F2N2O3.C3H6/c1-34(2)24(22-20-27(38)31(32(42)43)28(39)21-22)11-15-36(4)29(34)13-16-35(3)25-12-17-37(33(44)40-18-19-41(5)6)14-7-8-26(37)23(25)9-10-30(35)36;1-3-2/h11,20-21,23,25-26,29-30H,7-10,12-19H2,1-6H3,(H,40,44)(H,42,43);3H,1H2,2H3. The zero-order valence-electron chi connectivity index (χ0n) is 29.9. The molecule has 5 aliphatic carbocycles. The maximum absolute atomic E-state index is 14.8. The molecule has 1 amide bonds. The molecule has 0 aliphatic heterocycles. The molecule has 1 aromatic carbocycles. The second kappa shape index (κ2) is 13.1. The number of amides is 1. The number of nitrogens with zero attached hydrogens (tertiary/aromatic N) is 1. The fourth-order valence-electron chi connectivity index (χ4n) is 12.2. The smallest absolute Gasteiger partial charge is 0.341 e. The molecule has 0 spiro atoms. The summed E-state index contributed by atoms with van der Waals surface area (Å²) < 4.78 is 29.6. The molecular formula is C40H58F2N2O3. The highest BCUT2D eigenvalue weighted by atomic mass is 19.1. The van der Waals surface area contributed by atoms with Crippen LogP contribution in [0, 0.1) is 62.9 Å². The number of fused-ring (bicyclic) bond motifs is 7. The van der Waals surface area contributed by atoms with Crippen LogP contribution >= 0.6 is 0 Å². The summed E-state index contributed by atoms with van der Waals surface area (Å²) in [6.07, 6.45) is 14.9. The average Bonchev–Trinajstić information content (AvgIpc) is 3.42. The largest absolute Gasteiger partial charge is 0.477 e. The minimum Gasteiger partial charge on any atom is -0.477 e. The number of hydrogen-bond acceptors (Lipinski definition) is 3. The van der Waals surface area contributed by atoms with Crippen molar-refractivity contribution < 1.29 is 23.5 Å². The number of allylic oxidation sites excluding steroid dienone is 3. The van der Waals surface area contributed by atoms with E-state index in [1.54, 1.807) is 6.08 Å². The lowest BCUT2D eigenvalue weighted by molar-refractivity contribution is -0.181. The molecule has 5 nitrogen and oxygen atoms in total. The molecule has 6 rings (SSSR count). The number of carboxylic acids is 1. The molecule has 8 atom stereocenters. The van der Waals surface area contributed by atoms with Crippen LogP contribution in [0.5, 0.6) is 0 Å². The number of carbonyl (C=O) groups excluding carboxylic acids is 1. The molecule has 47 heavy (non-hydrogen) atoms. The highest BCUT2D eigenvalue weighted by Crippen LogP contribution is 2.73. The van der Waals surface area contributed by atoms with E-state index in [1.165, 1.54) is 31.4 Å². The van der Waals surface area contributed by atoms with Crippen LogP contribution in [0.2, 0.25) is 0 Å².